The fraction of sp³-hybridized carbons (Fsp3) is 0.423. The summed E-state index contributed by atoms with van der Waals surface area (Å²) in [6.07, 6.45) is 2.83. The van der Waals surface area contributed by atoms with Gasteiger partial charge in [0.2, 0.25) is 0 Å². The van der Waals surface area contributed by atoms with Crippen LogP contribution in [0.3, 0.4) is 0 Å². The van der Waals surface area contributed by atoms with Gasteiger partial charge in [-0.05, 0) is 31.2 Å². The predicted molar refractivity (Wildman–Crippen MR) is 136 cm³/mol. The molecule has 9 nitrogen and oxygen atoms in total. The SMILES string of the molecule is CC1CN(CCOc2cc3ncnc(Nc4ccc(F)c(Cl)c4)c3cc2OC2CCOCC2)CC(=O)O1. The molecule has 0 aliphatic carbocycles. The summed E-state index contributed by atoms with van der Waals surface area (Å²) in [4.78, 5) is 22.6. The number of ether oxygens (including phenoxy) is 4. The highest BCUT2D eigenvalue weighted by Gasteiger charge is 2.24. The topological polar surface area (TPSA) is 95.0 Å². The number of nitrogens with one attached hydrogen (secondary N) is 1. The summed E-state index contributed by atoms with van der Waals surface area (Å²) in [6.45, 7) is 4.98. The normalized spacial score (nSPS) is 19.0. The fourth-order valence-corrected chi connectivity index (χ4v) is 4.60. The number of morpholine rings is 1. The molecule has 0 spiro atoms. The van der Waals surface area contributed by atoms with Crippen molar-refractivity contribution in [3.05, 3.63) is 47.5 Å². The number of anilines is 2. The first-order chi connectivity index (χ1) is 17.9. The molecule has 2 aromatic carbocycles. The number of halogens is 2. The third-order valence-corrected chi connectivity index (χ3v) is 6.50. The molecule has 37 heavy (non-hydrogen) atoms. The Morgan fingerprint density at radius 3 is 2.81 bits per heavy atom. The number of benzene rings is 2. The van der Waals surface area contributed by atoms with E-state index < -0.39 is 5.82 Å². The van der Waals surface area contributed by atoms with E-state index in [1.807, 2.05) is 24.0 Å². The van der Waals surface area contributed by atoms with E-state index in [1.54, 1.807) is 6.07 Å². The van der Waals surface area contributed by atoms with Crippen molar-refractivity contribution >= 4 is 40.0 Å². The van der Waals surface area contributed by atoms with Crippen LogP contribution in [0.2, 0.25) is 5.02 Å². The van der Waals surface area contributed by atoms with Gasteiger partial charge < -0.3 is 24.3 Å². The van der Waals surface area contributed by atoms with Crippen molar-refractivity contribution in [3.63, 3.8) is 0 Å². The quantitative estimate of drug-likeness (QED) is 0.426. The van der Waals surface area contributed by atoms with Crippen molar-refractivity contribution in [2.75, 3.05) is 44.8 Å². The molecule has 2 aliphatic rings. The van der Waals surface area contributed by atoms with E-state index in [0.29, 0.717) is 66.8 Å². The average Bonchev–Trinajstić information content (AvgIpc) is 2.87. The highest BCUT2D eigenvalue weighted by molar-refractivity contribution is 6.31. The molecule has 2 saturated heterocycles. The van der Waals surface area contributed by atoms with E-state index in [1.165, 1.54) is 18.5 Å². The fourth-order valence-electron chi connectivity index (χ4n) is 4.42. The first-order valence-corrected chi connectivity index (χ1v) is 12.6. The Hall–Kier alpha value is -3.21. The minimum absolute atomic E-state index is 0.0109. The summed E-state index contributed by atoms with van der Waals surface area (Å²) >= 11 is 5.95. The third-order valence-electron chi connectivity index (χ3n) is 6.21. The highest BCUT2D eigenvalue weighted by Crippen LogP contribution is 2.36. The van der Waals surface area contributed by atoms with E-state index >= 15 is 0 Å². The zero-order valence-corrected chi connectivity index (χ0v) is 21.2. The number of hydrogen-bond donors (Lipinski definition) is 1. The van der Waals surface area contributed by atoms with Crippen LogP contribution in [0.4, 0.5) is 15.9 Å². The zero-order valence-electron chi connectivity index (χ0n) is 20.4. The summed E-state index contributed by atoms with van der Waals surface area (Å²) in [7, 11) is 0. The molecular weight excluding hydrogens is 503 g/mol. The number of carbonyl (C=O) groups is 1. The van der Waals surface area contributed by atoms with Crippen LogP contribution in [-0.4, -0.2) is 72.5 Å². The number of cyclic esters (lactones) is 1. The molecule has 11 heteroatoms. The van der Waals surface area contributed by atoms with Gasteiger partial charge in [-0.2, -0.15) is 0 Å². The van der Waals surface area contributed by atoms with Gasteiger partial charge in [0.05, 0.1) is 30.3 Å². The lowest BCUT2D eigenvalue weighted by atomic mass is 10.1. The van der Waals surface area contributed by atoms with Gasteiger partial charge in [0.25, 0.3) is 0 Å². The molecule has 0 saturated carbocycles. The maximum atomic E-state index is 13.6. The number of nitrogens with zero attached hydrogens (tertiary/aromatic N) is 3. The Bertz CT molecular complexity index is 1270. The number of rotatable bonds is 8. The standard InChI is InChI=1S/C26H28ClFN4O5/c1-16-13-32(14-25(33)36-16)6-9-35-23-12-22-19(11-24(23)37-18-4-7-34-8-5-18)26(30-15-29-22)31-17-2-3-21(28)20(27)10-17/h2-3,10-12,15-16,18H,4-9,13-14H2,1H3,(H,29,30,31). The smallest absolute Gasteiger partial charge is 0.320 e. The molecule has 0 radical (unpaired) electrons. The van der Waals surface area contributed by atoms with E-state index in [9.17, 15) is 9.18 Å². The van der Waals surface area contributed by atoms with Gasteiger partial charge in [0.1, 0.15) is 36.8 Å². The second-order valence-electron chi connectivity index (χ2n) is 9.11. The molecule has 1 aromatic heterocycles. The monoisotopic (exact) mass is 530 g/mol. The highest BCUT2D eigenvalue weighted by atomic mass is 35.5. The second kappa shape index (κ2) is 11.5. The molecule has 5 rings (SSSR count). The Labute approximate surface area is 218 Å². The Morgan fingerprint density at radius 1 is 1.19 bits per heavy atom. The summed E-state index contributed by atoms with van der Waals surface area (Å²) in [5.74, 6) is 0.926. The predicted octanol–water partition coefficient (Wildman–Crippen LogP) is 4.35. The Morgan fingerprint density at radius 2 is 2.03 bits per heavy atom. The van der Waals surface area contributed by atoms with Crippen LogP contribution >= 0.6 is 11.6 Å². The van der Waals surface area contributed by atoms with Gasteiger partial charge in [-0.3, -0.25) is 9.69 Å². The molecule has 3 heterocycles. The largest absolute Gasteiger partial charge is 0.488 e. The van der Waals surface area contributed by atoms with Gasteiger partial charge in [-0.25, -0.2) is 14.4 Å². The van der Waals surface area contributed by atoms with E-state index in [0.717, 1.165) is 12.8 Å². The number of hydrogen-bond acceptors (Lipinski definition) is 9. The minimum Gasteiger partial charge on any atom is -0.488 e. The van der Waals surface area contributed by atoms with Crippen molar-refractivity contribution in [1.29, 1.82) is 0 Å². The molecule has 1 N–H and O–H groups in total. The van der Waals surface area contributed by atoms with E-state index in [-0.39, 0.29) is 29.7 Å². The van der Waals surface area contributed by atoms with Crippen LogP contribution in [0.25, 0.3) is 10.9 Å². The molecule has 1 unspecified atom stereocenters. The van der Waals surface area contributed by atoms with E-state index in [4.69, 9.17) is 30.5 Å². The third kappa shape index (κ3) is 6.38. The van der Waals surface area contributed by atoms with Crippen molar-refractivity contribution < 1.29 is 28.1 Å². The Balaban J connectivity index is 1.40. The van der Waals surface area contributed by atoms with Crippen molar-refractivity contribution in [1.82, 2.24) is 14.9 Å². The van der Waals surface area contributed by atoms with Crippen LogP contribution in [0.15, 0.2) is 36.7 Å². The number of carbonyl (C=O) groups excluding carboxylic acids is 1. The minimum atomic E-state index is -0.496. The number of esters is 1. The van der Waals surface area contributed by atoms with Crippen LogP contribution in [-0.2, 0) is 14.3 Å². The lowest BCUT2D eigenvalue weighted by Gasteiger charge is -2.30. The van der Waals surface area contributed by atoms with Crippen molar-refractivity contribution in [2.45, 2.75) is 32.0 Å². The maximum absolute atomic E-state index is 13.6. The molecular formula is C26H28ClFN4O5. The molecule has 196 valence electrons. The summed E-state index contributed by atoms with van der Waals surface area (Å²) in [6, 6.07) is 8.06. The van der Waals surface area contributed by atoms with Gasteiger partial charge in [0, 0.05) is 43.1 Å². The van der Waals surface area contributed by atoms with Crippen molar-refractivity contribution in [2.24, 2.45) is 0 Å². The molecule has 0 amide bonds. The van der Waals surface area contributed by atoms with Crippen LogP contribution in [0, 0.1) is 5.82 Å². The zero-order chi connectivity index (χ0) is 25.8. The summed E-state index contributed by atoms with van der Waals surface area (Å²) in [5.41, 5.74) is 1.24. The average molecular weight is 531 g/mol. The maximum Gasteiger partial charge on any atom is 0.320 e. The first kappa shape index (κ1) is 25.4. The molecule has 2 fully saturated rings. The van der Waals surface area contributed by atoms with Gasteiger partial charge in [-0.15, -0.1) is 0 Å². The molecule has 1 atom stereocenters. The lowest BCUT2D eigenvalue weighted by Crippen LogP contribution is -2.45. The van der Waals surface area contributed by atoms with Gasteiger partial charge in [-0.1, -0.05) is 11.6 Å². The lowest BCUT2D eigenvalue weighted by molar-refractivity contribution is -0.157. The first-order valence-electron chi connectivity index (χ1n) is 12.2. The number of fused-ring (bicyclic) bond motifs is 1. The van der Waals surface area contributed by atoms with Crippen molar-refractivity contribution in [3.8, 4) is 11.5 Å². The molecule has 0 bridgehead atoms. The van der Waals surface area contributed by atoms with Gasteiger partial charge in [0.15, 0.2) is 11.5 Å². The number of aromatic nitrogens is 2. The van der Waals surface area contributed by atoms with Crippen LogP contribution in [0.1, 0.15) is 19.8 Å². The van der Waals surface area contributed by atoms with Crippen LogP contribution in [0.5, 0.6) is 11.5 Å². The molecule has 3 aromatic rings. The summed E-state index contributed by atoms with van der Waals surface area (Å²) < 4.78 is 36.8. The van der Waals surface area contributed by atoms with E-state index in [2.05, 4.69) is 15.3 Å². The van der Waals surface area contributed by atoms with Gasteiger partial charge >= 0.3 is 5.97 Å². The second-order valence-corrected chi connectivity index (χ2v) is 9.51. The molecule has 2 aliphatic heterocycles. The Kier molecular flexibility index (Phi) is 7.87. The van der Waals surface area contributed by atoms with Crippen LogP contribution < -0.4 is 14.8 Å². The summed E-state index contributed by atoms with van der Waals surface area (Å²) in [5, 5.41) is 3.92.